The SMILES string of the molecule is CCCc1ccc(C(=O)CCC(=O)NNC(=O)c2ccccn2)cc1. The number of carbonyl (C=O) groups is 3. The maximum absolute atomic E-state index is 12.1. The van der Waals surface area contributed by atoms with E-state index in [9.17, 15) is 14.4 Å². The van der Waals surface area contributed by atoms with E-state index in [1.54, 1.807) is 24.3 Å². The van der Waals surface area contributed by atoms with E-state index in [-0.39, 0.29) is 24.3 Å². The molecule has 0 atom stereocenters. The van der Waals surface area contributed by atoms with Crippen LogP contribution >= 0.6 is 0 Å². The normalized spacial score (nSPS) is 10.1. The van der Waals surface area contributed by atoms with Gasteiger partial charge in [-0.25, -0.2) is 0 Å². The van der Waals surface area contributed by atoms with E-state index in [0.717, 1.165) is 12.8 Å². The summed E-state index contributed by atoms with van der Waals surface area (Å²) in [6.45, 7) is 2.10. The first kappa shape index (κ1) is 18.3. The number of ketones is 1. The molecule has 6 nitrogen and oxygen atoms in total. The second-order valence-electron chi connectivity index (χ2n) is 5.59. The fourth-order valence-electron chi connectivity index (χ4n) is 2.27. The summed E-state index contributed by atoms with van der Waals surface area (Å²) in [5.74, 6) is -1.04. The highest BCUT2D eigenvalue weighted by Crippen LogP contribution is 2.09. The predicted octanol–water partition coefficient (Wildman–Crippen LogP) is 2.46. The average molecular weight is 339 g/mol. The fraction of sp³-hybridized carbons (Fsp3) is 0.263. The largest absolute Gasteiger partial charge is 0.294 e. The number of Topliss-reactive ketones (excluding diaryl/α,β-unsaturated/α-hetero) is 1. The van der Waals surface area contributed by atoms with Gasteiger partial charge in [0.1, 0.15) is 5.69 Å². The zero-order valence-corrected chi connectivity index (χ0v) is 14.1. The molecule has 0 aliphatic carbocycles. The molecule has 1 aromatic carbocycles. The molecule has 1 aromatic heterocycles. The molecule has 0 unspecified atom stereocenters. The van der Waals surface area contributed by atoms with Crippen LogP contribution in [0, 0.1) is 0 Å². The zero-order chi connectivity index (χ0) is 18.1. The van der Waals surface area contributed by atoms with Gasteiger partial charge in [0.05, 0.1) is 0 Å². The van der Waals surface area contributed by atoms with Crippen molar-refractivity contribution >= 4 is 17.6 Å². The predicted molar refractivity (Wildman–Crippen MR) is 93.8 cm³/mol. The highest BCUT2D eigenvalue weighted by molar-refractivity contribution is 5.98. The molecule has 2 aromatic rings. The topological polar surface area (TPSA) is 88.2 Å². The first-order valence-electron chi connectivity index (χ1n) is 8.22. The van der Waals surface area contributed by atoms with Crippen LogP contribution in [0.3, 0.4) is 0 Å². The van der Waals surface area contributed by atoms with Crippen molar-refractivity contribution in [2.45, 2.75) is 32.6 Å². The van der Waals surface area contributed by atoms with Crippen molar-refractivity contribution in [1.29, 1.82) is 0 Å². The van der Waals surface area contributed by atoms with Gasteiger partial charge in [-0.15, -0.1) is 0 Å². The molecule has 0 fully saturated rings. The average Bonchev–Trinajstić information content (AvgIpc) is 2.65. The Morgan fingerprint density at radius 1 is 0.960 bits per heavy atom. The Labute approximate surface area is 146 Å². The molecule has 2 N–H and O–H groups in total. The molecule has 0 spiro atoms. The van der Waals surface area contributed by atoms with Crippen molar-refractivity contribution in [2.75, 3.05) is 0 Å². The Hall–Kier alpha value is -3.02. The summed E-state index contributed by atoms with van der Waals surface area (Å²) < 4.78 is 0. The summed E-state index contributed by atoms with van der Waals surface area (Å²) in [4.78, 5) is 39.5. The number of pyridine rings is 1. The number of aryl methyl sites for hydroxylation is 1. The number of rotatable bonds is 7. The van der Waals surface area contributed by atoms with E-state index < -0.39 is 11.8 Å². The van der Waals surface area contributed by atoms with Gasteiger partial charge in [-0.1, -0.05) is 43.7 Å². The zero-order valence-electron chi connectivity index (χ0n) is 14.1. The molecule has 1 heterocycles. The van der Waals surface area contributed by atoms with Crippen LogP contribution in [-0.2, 0) is 11.2 Å². The molecule has 0 radical (unpaired) electrons. The summed E-state index contributed by atoms with van der Waals surface area (Å²) >= 11 is 0. The molecule has 2 amide bonds. The quantitative estimate of drug-likeness (QED) is 0.599. The maximum atomic E-state index is 12.1. The Bertz CT molecular complexity index is 727. The minimum absolute atomic E-state index is 0.00194. The van der Waals surface area contributed by atoms with Crippen molar-refractivity contribution in [3.05, 3.63) is 65.5 Å². The summed E-state index contributed by atoms with van der Waals surface area (Å²) in [6, 6.07) is 12.3. The number of hydrazine groups is 1. The van der Waals surface area contributed by atoms with E-state index in [4.69, 9.17) is 0 Å². The second kappa shape index (κ2) is 9.32. The molecular formula is C19H21N3O3. The van der Waals surface area contributed by atoms with Gasteiger partial charge in [0.2, 0.25) is 5.91 Å². The number of carbonyl (C=O) groups excluding carboxylic acids is 3. The number of nitrogens with zero attached hydrogens (tertiary/aromatic N) is 1. The van der Waals surface area contributed by atoms with Gasteiger partial charge in [0.15, 0.2) is 5.78 Å². The van der Waals surface area contributed by atoms with E-state index in [0.29, 0.717) is 5.56 Å². The minimum atomic E-state index is -0.508. The molecule has 0 aliphatic rings. The Kier molecular flexibility index (Phi) is 6.83. The van der Waals surface area contributed by atoms with Gasteiger partial charge >= 0.3 is 0 Å². The minimum Gasteiger partial charge on any atom is -0.294 e. The molecule has 0 saturated heterocycles. The number of amides is 2. The van der Waals surface area contributed by atoms with Gasteiger partial charge in [-0.3, -0.25) is 30.2 Å². The van der Waals surface area contributed by atoms with Crippen molar-refractivity contribution in [3.8, 4) is 0 Å². The number of benzene rings is 1. The molecule has 0 aliphatic heterocycles. The monoisotopic (exact) mass is 339 g/mol. The van der Waals surface area contributed by atoms with Crippen LogP contribution in [0.25, 0.3) is 0 Å². The maximum Gasteiger partial charge on any atom is 0.288 e. The van der Waals surface area contributed by atoms with Crippen molar-refractivity contribution in [1.82, 2.24) is 15.8 Å². The molecule has 6 heteroatoms. The lowest BCUT2D eigenvalue weighted by atomic mass is 10.0. The summed E-state index contributed by atoms with van der Waals surface area (Å²) in [5.41, 5.74) is 6.53. The smallest absolute Gasteiger partial charge is 0.288 e. The van der Waals surface area contributed by atoms with Gasteiger partial charge in [-0.05, 0) is 24.1 Å². The van der Waals surface area contributed by atoms with Gasteiger partial charge in [-0.2, -0.15) is 0 Å². The van der Waals surface area contributed by atoms with Crippen LogP contribution in [-0.4, -0.2) is 22.6 Å². The van der Waals surface area contributed by atoms with E-state index >= 15 is 0 Å². The molecule has 2 rings (SSSR count). The van der Waals surface area contributed by atoms with Crippen LogP contribution in [0.5, 0.6) is 0 Å². The highest BCUT2D eigenvalue weighted by Gasteiger charge is 2.11. The third kappa shape index (κ3) is 5.84. The summed E-state index contributed by atoms with van der Waals surface area (Å²) in [7, 11) is 0. The van der Waals surface area contributed by atoms with Crippen LogP contribution < -0.4 is 10.9 Å². The third-order valence-corrected chi connectivity index (χ3v) is 3.61. The number of aromatic nitrogens is 1. The van der Waals surface area contributed by atoms with Crippen LogP contribution in [0.4, 0.5) is 0 Å². The molecule has 25 heavy (non-hydrogen) atoms. The lowest BCUT2D eigenvalue weighted by Crippen LogP contribution is -2.42. The highest BCUT2D eigenvalue weighted by atomic mass is 16.2. The fourth-order valence-corrected chi connectivity index (χ4v) is 2.27. The molecule has 0 saturated carbocycles. The second-order valence-corrected chi connectivity index (χ2v) is 5.59. The molecular weight excluding hydrogens is 318 g/mol. The first-order valence-corrected chi connectivity index (χ1v) is 8.22. The third-order valence-electron chi connectivity index (χ3n) is 3.61. The number of hydrogen-bond acceptors (Lipinski definition) is 4. The molecule has 130 valence electrons. The number of nitrogens with one attached hydrogen (secondary N) is 2. The van der Waals surface area contributed by atoms with Gasteiger partial charge in [0, 0.05) is 24.6 Å². The van der Waals surface area contributed by atoms with Crippen LogP contribution in [0.15, 0.2) is 48.7 Å². The van der Waals surface area contributed by atoms with E-state index in [1.807, 2.05) is 12.1 Å². The Morgan fingerprint density at radius 2 is 1.72 bits per heavy atom. The van der Waals surface area contributed by atoms with Crippen molar-refractivity contribution < 1.29 is 14.4 Å². The number of hydrogen-bond donors (Lipinski definition) is 2. The van der Waals surface area contributed by atoms with Gasteiger partial charge < -0.3 is 0 Å². The van der Waals surface area contributed by atoms with Gasteiger partial charge in [0.25, 0.3) is 5.91 Å². The van der Waals surface area contributed by atoms with Crippen LogP contribution in [0.2, 0.25) is 0 Å². The molecule has 0 bridgehead atoms. The van der Waals surface area contributed by atoms with Crippen molar-refractivity contribution in [2.24, 2.45) is 0 Å². The standard InChI is InChI=1S/C19H21N3O3/c1-2-5-14-7-9-15(10-8-14)17(23)11-12-18(24)21-22-19(25)16-6-3-4-13-20-16/h3-4,6-10,13H,2,5,11-12H2,1H3,(H,21,24)(H,22,25). The summed E-state index contributed by atoms with van der Waals surface area (Å²) in [5, 5.41) is 0. The first-order chi connectivity index (χ1) is 12.1. The summed E-state index contributed by atoms with van der Waals surface area (Å²) in [6.07, 6.45) is 3.60. The Balaban J connectivity index is 1.75. The van der Waals surface area contributed by atoms with Crippen LogP contribution in [0.1, 0.15) is 52.6 Å². The lowest BCUT2D eigenvalue weighted by Gasteiger charge is -2.07. The van der Waals surface area contributed by atoms with Crippen molar-refractivity contribution in [3.63, 3.8) is 0 Å². The lowest BCUT2D eigenvalue weighted by molar-refractivity contribution is -0.121. The Morgan fingerprint density at radius 3 is 2.36 bits per heavy atom. The van der Waals surface area contributed by atoms with E-state index in [2.05, 4.69) is 22.8 Å². The van der Waals surface area contributed by atoms with E-state index in [1.165, 1.54) is 17.8 Å².